The number of aryl methyl sites for hydroxylation is 1. The summed E-state index contributed by atoms with van der Waals surface area (Å²) in [5.74, 6) is -0.276. The highest BCUT2D eigenvalue weighted by Gasteiger charge is 2.13. The second-order valence-corrected chi connectivity index (χ2v) is 3.03. The molecule has 0 bridgehead atoms. The first-order chi connectivity index (χ1) is 6.15. The Balaban J connectivity index is 2.73. The van der Waals surface area contributed by atoms with Crippen molar-refractivity contribution in [2.24, 2.45) is 0 Å². The van der Waals surface area contributed by atoms with Gasteiger partial charge in [0.15, 0.2) is 5.78 Å². The minimum atomic E-state index is -0.945. The highest BCUT2D eigenvalue weighted by atomic mass is 16.3. The van der Waals surface area contributed by atoms with Crippen LogP contribution in [0.1, 0.15) is 30.6 Å². The van der Waals surface area contributed by atoms with Gasteiger partial charge in [-0.15, -0.1) is 0 Å². The molecule has 0 fully saturated rings. The fourth-order valence-corrected chi connectivity index (χ4v) is 1.08. The monoisotopic (exact) mass is 182 g/mol. The van der Waals surface area contributed by atoms with E-state index in [1.54, 1.807) is 10.9 Å². The van der Waals surface area contributed by atoms with Gasteiger partial charge in [-0.1, -0.05) is 6.92 Å². The average molecular weight is 182 g/mol. The fourth-order valence-electron chi connectivity index (χ4n) is 1.08. The van der Waals surface area contributed by atoms with E-state index in [2.05, 4.69) is 5.10 Å². The molecule has 72 valence electrons. The van der Waals surface area contributed by atoms with E-state index in [0.29, 0.717) is 5.56 Å². The smallest absolute Gasteiger partial charge is 0.194 e. The third-order valence-electron chi connectivity index (χ3n) is 1.75. The maximum absolute atomic E-state index is 11.3. The molecule has 1 N–H and O–H groups in total. The zero-order valence-electron chi connectivity index (χ0n) is 7.90. The van der Waals surface area contributed by atoms with Crippen LogP contribution in [0.5, 0.6) is 0 Å². The van der Waals surface area contributed by atoms with E-state index in [1.165, 1.54) is 13.1 Å². The van der Waals surface area contributed by atoms with E-state index < -0.39 is 6.10 Å². The minimum absolute atomic E-state index is 0.276. The van der Waals surface area contributed by atoms with Gasteiger partial charge >= 0.3 is 0 Å². The zero-order valence-corrected chi connectivity index (χ0v) is 7.90. The average Bonchev–Trinajstić information content (AvgIpc) is 2.52. The second kappa shape index (κ2) is 4.18. The quantitative estimate of drug-likeness (QED) is 0.702. The van der Waals surface area contributed by atoms with E-state index in [-0.39, 0.29) is 5.78 Å². The largest absolute Gasteiger partial charge is 0.385 e. The Morgan fingerprint density at radius 3 is 3.00 bits per heavy atom. The van der Waals surface area contributed by atoms with Gasteiger partial charge in [-0.3, -0.25) is 9.48 Å². The van der Waals surface area contributed by atoms with Crippen molar-refractivity contribution in [3.63, 3.8) is 0 Å². The number of nitrogens with zero attached hydrogens (tertiary/aromatic N) is 2. The van der Waals surface area contributed by atoms with Crippen molar-refractivity contribution >= 4 is 5.78 Å². The first-order valence-electron chi connectivity index (χ1n) is 4.40. The number of rotatable bonds is 4. The van der Waals surface area contributed by atoms with E-state index >= 15 is 0 Å². The maximum Gasteiger partial charge on any atom is 0.194 e. The summed E-state index contributed by atoms with van der Waals surface area (Å²) in [6.07, 6.45) is 3.19. The minimum Gasteiger partial charge on any atom is -0.385 e. The van der Waals surface area contributed by atoms with Crippen LogP contribution >= 0.6 is 0 Å². The molecule has 1 atom stereocenters. The van der Waals surface area contributed by atoms with Gasteiger partial charge in [-0.2, -0.15) is 5.10 Å². The predicted molar refractivity (Wildman–Crippen MR) is 48.5 cm³/mol. The SMILES string of the molecule is CCCn1cc(C(=O)C(C)O)cn1. The van der Waals surface area contributed by atoms with Crippen LogP contribution in [0, 0.1) is 0 Å². The lowest BCUT2D eigenvalue weighted by atomic mass is 10.1. The molecule has 0 aliphatic carbocycles. The normalized spacial score (nSPS) is 12.8. The van der Waals surface area contributed by atoms with Crippen molar-refractivity contribution < 1.29 is 9.90 Å². The van der Waals surface area contributed by atoms with Crippen molar-refractivity contribution in [2.45, 2.75) is 32.9 Å². The van der Waals surface area contributed by atoms with Gasteiger partial charge in [0.2, 0.25) is 0 Å². The van der Waals surface area contributed by atoms with Crippen LogP contribution in [0.2, 0.25) is 0 Å². The van der Waals surface area contributed by atoms with Gasteiger partial charge in [0.05, 0.1) is 11.8 Å². The molecule has 1 aromatic heterocycles. The lowest BCUT2D eigenvalue weighted by Gasteiger charge is -1.98. The van der Waals surface area contributed by atoms with Crippen LogP contribution in [0.15, 0.2) is 12.4 Å². The molecule has 13 heavy (non-hydrogen) atoms. The highest BCUT2D eigenvalue weighted by molar-refractivity contribution is 5.98. The Hall–Kier alpha value is -1.16. The van der Waals surface area contributed by atoms with Crippen LogP contribution in [0.3, 0.4) is 0 Å². The number of carbonyl (C=O) groups excluding carboxylic acids is 1. The summed E-state index contributed by atoms with van der Waals surface area (Å²) >= 11 is 0. The number of aliphatic hydroxyl groups is 1. The van der Waals surface area contributed by atoms with Gasteiger partial charge < -0.3 is 5.11 Å². The molecule has 4 nitrogen and oxygen atoms in total. The van der Waals surface area contributed by atoms with Crippen LogP contribution in [0.25, 0.3) is 0 Å². The number of Topliss-reactive ketones (excluding diaryl/α,β-unsaturated/α-hetero) is 1. The molecule has 0 saturated carbocycles. The number of aromatic nitrogens is 2. The van der Waals surface area contributed by atoms with Crippen molar-refractivity contribution in [1.82, 2.24) is 9.78 Å². The summed E-state index contributed by atoms with van der Waals surface area (Å²) in [5, 5.41) is 13.0. The number of hydrogen-bond donors (Lipinski definition) is 1. The fraction of sp³-hybridized carbons (Fsp3) is 0.556. The van der Waals surface area contributed by atoms with Crippen molar-refractivity contribution in [3.05, 3.63) is 18.0 Å². The molecule has 0 aliphatic rings. The summed E-state index contributed by atoms with van der Waals surface area (Å²) in [7, 11) is 0. The molecule has 0 aliphatic heterocycles. The molecule has 1 heterocycles. The third-order valence-corrected chi connectivity index (χ3v) is 1.75. The molecule has 0 radical (unpaired) electrons. The van der Waals surface area contributed by atoms with Crippen molar-refractivity contribution in [2.75, 3.05) is 0 Å². The van der Waals surface area contributed by atoms with E-state index in [4.69, 9.17) is 5.11 Å². The Morgan fingerprint density at radius 1 is 1.77 bits per heavy atom. The zero-order chi connectivity index (χ0) is 9.84. The summed E-state index contributed by atoms with van der Waals surface area (Å²) in [5.41, 5.74) is 0.475. The highest BCUT2D eigenvalue weighted by Crippen LogP contribution is 2.02. The van der Waals surface area contributed by atoms with Gasteiger partial charge in [0, 0.05) is 12.7 Å². The summed E-state index contributed by atoms with van der Waals surface area (Å²) in [6, 6.07) is 0. The number of carbonyl (C=O) groups is 1. The lowest BCUT2D eigenvalue weighted by Crippen LogP contribution is -2.15. The molecule has 1 unspecified atom stereocenters. The molecule has 0 spiro atoms. The van der Waals surface area contributed by atoms with Crippen molar-refractivity contribution in [3.8, 4) is 0 Å². The lowest BCUT2D eigenvalue weighted by molar-refractivity contribution is 0.0779. The van der Waals surface area contributed by atoms with Gasteiger partial charge in [0.1, 0.15) is 6.10 Å². The van der Waals surface area contributed by atoms with Gasteiger partial charge in [0.25, 0.3) is 0 Å². The predicted octanol–water partition coefficient (Wildman–Crippen LogP) is 0.857. The Morgan fingerprint density at radius 2 is 2.46 bits per heavy atom. The Labute approximate surface area is 77.2 Å². The molecule has 0 aromatic carbocycles. The summed E-state index contributed by atoms with van der Waals surface area (Å²) in [4.78, 5) is 11.3. The first-order valence-corrected chi connectivity index (χ1v) is 4.40. The van der Waals surface area contributed by atoms with Crippen LogP contribution in [-0.2, 0) is 6.54 Å². The molecular formula is C9H14N2O2. The summed E-state index contributed by atoms with van der Waals surface area (Å²) < 4.78 is 1.70. The van der Waals surface area contributed by atoms with Crippen molar-refractivity contribution in [1.29, 1.82) is 0 Å². The molecular weight excluding hydrogens is 168 g/mol. The third kappa shape index (κ3) is 2.39. The Bertz CT molecular complexity index is 292. The van der Waals surface area contributed by atoms with Gasteiger partial charge in [-0.25, -0.2) is 0 Å². The van der Waals surface area contributed by atoms with E-state index in [1.807, 2.05) is 6.92 Å². The van der Waals surface area contributed by atoms with Gasteiger partial charge in [-0.05, 0) is 13.3 Å². The van der Waals surface area contributed by atoms with E-state index in [9.17, 15) is 4.79 Å². The van der Waals surface area contributed by atoms with Crippen LogP contribution in [0.4, 0.5) is 0 Å². The number of hydrogen-bond acceptors (Lipinski definition) is 3. The number of aliphatic hydroxyl groups excluding tert-OH is 1. The molecule has 1 aromatic rings. The maximum atomic E-state index is 11.3. The molecule has 4 heteroatoms. The van der Waals surface area contributed by atoms with Crippen LogP contribution in [-0.4, -0.2) is 26.8 Å². The molecule has 1 rings (SSSR count). The van der Waals surface area contributed by atoms with Crippen LogP contribution < -0.4 is 0 Å². The van der Waals surface area contributed by atoms with E-state index in [0.717, 1.165) is 13.0 Å². The molecule has 0 amide bonds. The Kier molecular flexibility index (Phi) is 3.19. The summed E-state index contributed by atoms with van der Waals surface area (Å²) in [6.45, 7) is 4.30. The standard InChI is InChI=1S/C9H14N2O2/c1-3-4-11-6-8(5-10-11)9(13)7(2)12/h5-7,12H,3-4H2,1-2H3. The number of ketones is 1. The second-order valence-electron chi connectivity index (χ2n) is 3.03. The topological polar surface area (TPSA) is 55.1 Å². The molecule has 0 saturated heterocycles. The first kappa shape index (κ1) is 9.92.